The number of benzene rings is 1. The predicted octanol–water partition coefficient (Wildman–Crippen LogP) is 4.22. The van der Waals surface area contributed by atoms with Crippen molar-refractivity contribution in [3.63, 3.8) is 0 Å². The standard InChI is InChI=1S/C20H30N2O3/c1-5-15-6-8-17(9-7-15)21-18(23)14-16-10-12-22(13-11-16)19(24)25-20(2,3)4/h6-9,16H,5,10-14H2,1-4H3,(H,21,23). The van der Waals surface area contributed by atoms with Crippen molar-refractivity contribution in [1.82, 2.24) is 4.90 Å². The van der Waals surface area contributed by atoms with E-state index in [9.17, 15) is 9.59 Å². The van der Waals surface area contributed by atoms with E-state index in [-0.39, 0.29) is 12.0 Å². The average molecular weight is 346 g/mol. The molecule has 1 aromatic rings. The Hall–Kier alpha value is -2.04. The van der Waals surface area contributed by atoms with Crippen LogP contribution >= 0.6 is 0 Å². The van der Waals surface area contributed by atoms with Gasteiger partial charge in [0.05, 0.1) is 0 Å². The minimum atomic E-state index is -0.471. The largest absolute Gasteiger partial charge is 0.444 e. The molecule has 0 unspecified atom stereocenters. The van der Waals surface area contributed by atoms with Gasteiger partial charge in [-0.2, -0.15) is 0 Å². The lowest BCUT2D eigenvalue weighted by Gasteiger charge is -2.33. The number of piperidine rings is 1. The van der Waals surface area contributed by atoms with Crippen LogP contribution in [0.4, 0.5) is 10.5 Å². The quantitative estimate of drug-likeness (QED) is 0.888. The van der Waals surface area contributed by atoms with E-state index in [1.807, 2.05) is 45.0 Å². The molecular weight excluding hydrogens is 316 g/mol. The van der Waals surface area contributed by atoms with E-state index in [0.717, 1.165) is 24.9 Å². The van der Waals surface area contributed by atoms with Crippen LogP contribution in [0.3, 0.4) is 0 Å². The minimum Gasteiger partial charge on any atom is -0.444 e. The summed E-state index contributed by atoms with van der Waals surface area (Å²) in [4.78, 5) is 26.0. The molecule has 1 fully saturated rings. The van der Waals surface area contributed by atoms with Crippen molar-refractivity contribution in [2.24, 2.45) is 5.92 Å². The van der Waals surface area contributed by atoms with Gasteiger partial charge in [0.25, 0.3) is 0 Å². The van der Waals surface area contributed by atoms with Crippen molar-refractivity contribution in [1.29, 1.82) is 0 Å². The summed E-state index contributed by atoms with van der Waals surface area (Å²) < 4.78 is 5.40. The van der Waals surface area contributed by atoms with Gasteiger partial charge in [0, 0.05) is 25.2 Å². The van der Waals surface area contributed by atoms with Crippen LogP contribution in [0.25, 0.3) is 0 Å². The van der Waals surface area contributed by atoms with Gasteiger partial charge in [0.15, 0.2) is 0 Å². The zero-order chi connectivity index (χ0) is 18.4. The molecule has 0 atom stereocenters. The number of nitrogens with one attached hydrogen (secondary N) is 1. The fourth-order valence-corrected chi connectivity index (χ4v) is 2.94. The first-order valence-electron chi connectivity index (χ1n) is 9.13. The van der Waals surface area contributed by atoms with Crippen molar-refractivity contribution < 1.29 is 14.3 Å². The molecule has 1 N–H and O–H groups in total. The number of ether oxygens (including phenoxy) is 1. The van der Waals surface area contributed by atoms with E-state index in [1.54, 1.807) is 4.90 Å². The monoisotopic (exact) mass is 346 g/mol. The molecule has 1 saturated heterocycles. The van der Waals surface area contributed by atoms with Crippen molar-refractivity contribution >= 4 is 17.7 Å². The zero-order valence-corrected chi connectivity index (χ0v) is 15.8. The molecule has 5 nitrogen and oxygen atoms in total. The van der Waals surface area contributed by atoms with E-state index in [1.165, 1.54) is 5.56 Å². The molecule has 1 heterocycles. The number of rotatable bonds is 4. The Morgan fingerprint density at radius 1 is 1.16 bits per heavy atom. The molecular formula is C20H30N2O3. The summed E-state index contributed by atoms with van der Waals surface area (Å²) in [7, 11) is 0. The maximum Gasteiger partial charge on any atom is 0.410 e. The number of carbonyl (C=O) groups excluding carboxylic acids is 2. The molecule has 0 aromatic heterocycles. The number of hydrogen-bond acceptors (Lipinski definition) is 3. The molecule has 2 amide bonds. The molecule has 138 valence electrons. The molecule has 5 heteroatoms. The highest BCUT2D eigenvalue weighted by Gasteiger charge is 2.27. The van der Waals surface area contributed by atoms with Crippen molar-refractivity contribution in [3.05, 3.63) is 29.8 Å². The summed E-state index contributed by atoms with van der Waals surface area (Å²) in [5.74, 6) is 0.355. The van der Waals surface area contributed by atoms with Crippen molar-refractivity contribution in [3.8, 4) is 0 Å². The minimum absolute atomic E-state index is 0.0416. The Morgan fingerprint density at radius 3 is 2.28 bits per heavy atom. The normalized spacial score (nSPS) is 15.8. The third kappa shape index (κ3) is 6.40. The van der Waals surface area contributed by atoms with E-state index in [0.29, 0.717) is 25.4 Å². The van der Waals surface area contributed by atoms with Gasteiger partial charge in [-0.15, -0.1) is 0 Å². The zero-order valence-electron chi connectivity index (χ0n) is 15.8. The smallest absolute Gasteiger partial charge is 0.410 e. The number of aryl methyl sites for hydroxylation is 1. The maximum atomic E-state index is 12.2. The topological polar surface area (TPSA) is 58.6 Å². The third-order valence-electron chi connectivity index (χ3n) is 4.39. The van der Waals surface area contributed by atoms with Crippen molar-refractivity contribution in [2.75, 3.05) is 18.4 Å². The van der Waals surface area contributed by atoms with Crippen LogP contribution in [-0.2, 0) is 16.0 Å². The predicted molar refractivity (Wildman–Crippen MR) is 99.6 cm³/mol. The van der Waals surface area contributed by atoms with Gasteiger partial charge in [-0.3, -0.25) is 4.79 Å². The molecule has 0 saturated carbocycles. The van der Waals surface area contributed by atoms with Crippen LogP contribution in [-0.4, -0.2) is 35.6 Å². The third-order valence-corrected chi connectivity index (χ3v) is 4.39. The average Bonchev–Trinajstić information content (AvgIpc) is 2.54. The summed E-state index contributed by atoms with van der Waals surface area (Å²) in [6.45, 7) is 9.02. The second kappa shape index (κ2) is 8.37. The Labute approximate surface area is 150 Å². The fourth-order valence-electron chi connectivity index (χ4n) is 2.94. The first-order chi connectivity index (χ1) is 11.8. The van der Waals surface area contributed by atoms with Crippen LogP contribution in [0, 0.1) is 5.92 Å². The SMILES string of the molecule is CCc1ccc(NC(=O)CC2CCN(C(=O)OC(C)(C)C)CC2)cc1. The van der Waals surface area contributed by atoms with Gasteiger partial charge in [-0.25, -0.2) is 4.79 Å². The fraction of sp³-hybridized carbons (Fsp3) is 0.600. The van der Waals surface area contributed by atoms with Gasteiger partial charge < -0.3 is 15.0 Å². The van der Waals surface area contributed by atoms with Gasteiger partial charge >= 0.3 is 6.09 Å². The summed E-state index contributed by atoms with van der Waals surface area (Å²) in [6.07, 6.45) is 2.90. The molecule has 25 heavy (non-hydrogen) atoms. The molecule has 1 aliphatic rings. The lowest BCUT2D eigenvalue weighted by Crippen LogP contribution is -2.42. The summed E-state index contributed by atoms with van der Waals surface area (Å²) >= 11 is 0. The number of anilines is 1. The summed E-state index contributed by atoms with van der Waals surface area (Å²) in [6, 6.07) is 7.97. The molecule has 1 aromatic carbocycles. The second-order valence-corrected chi connectivity index (χ2v) is 7.71. The van der Waals surface area contributed by atoms with E-state index < -0.39 is 5.60 Å². The Morgan fingerprint density at radius 2 is 1.76 bits per heavy atom. The molecule has 1 aliphatic heterocycles. The van der Waals surface area contributed by atoms with Crippen LogP contribution in [0.5, 0.6) is 0 Å². The Balaban J connectivity index is 1.75. The highest BCUT2D eigenvalue weighted by atomic mass is 16.6. The Kier molecular flexibility index (Phi) is 6.45. The number of carbonyl (C=O) groups is 2. The maximum absolute atomic E-state index is 12.2. The van der Waals surface area contributed by atoms with Crippen molar-refractivity contribution in [2.45, 2.75) is 59.0 Å². The van der Waals surface area contributed by atoms with Gasteiger partial charge in [-0.1, -0.05) is 19.1 Å². The first-order valence-corrected chi connectivity index (χ1v) is 9.13. The highest BCUT2D eigenvalue weighted by Crippen LogP contribution is 2.23. The number of likely N-dealkylation sites (tertiary alicyclic amines) is 1. The number of nitrogens with zero attached hydrogens (tertiary/aromatic N) is 1. The van der Waals surface area contributed by atoms with Crippen LogP contribution in [0.15, 0.2) is 24.3 Å². The molecule has 0 radical (unpaired) electrons. The number of amides is 2. The van der Waals surface area contributed by atoms with E-state index in [4.69, 9.17) is 4.74 Å². The summed E-state index contributed by atoms with van der Waals surface area (Å²) in [5, 5.41) is 2.96. The highest BCUT2D eigenvalue weighted by molar-refractivity contribution is 5.90. The number of hydrogen-bond donors (Lipinski definition) is 1. The molecule has 0 aliphatic carbocycles. The molecule has 0 bridgehead atoms. The van der Waals surface area contributed by atoms with Gasteiger partial charge in [0.2, 0.25) is 5.91 Å². The van der Waals surface area contributed by atoms with Crippen LogP contribution in [0.1, 0.15) is 52.5 Å². The summed E-state index contributed by atoms with van der Waals surface area (Å²) in [5.41, 5.74) is 1.63. The molecule has 2 rings (SSSR count). The second-order valence-electron chi connectivity index (χ2n) is 7.71. The lowest BCUT2D eigenvalue weighted by atomic mass is 9.93. The van der Waals surface area contributed by atoms with E-state index >= 15 is 0 Å². The van der Waals surface area contributed by atoms with Crippen LogP contribution < -0.4 is 5.32 Å². The molecule has 0 spiro atoms. The Bertz CT molecular complexity index is 582. The van der Waals surface area contributed by atoms with Crippen LogP contribution in [0.2, 0.25) is 0 Å². The first kappa shape index (κ1) is 19.3. The van der Waals surface area contributed by atoms with Gasteiger partial charge in [-0.05, 0) is 63.6 Å². The lowest BCUT2D eigenvalue weighted by molar-refractivity contribution is -0.117. The van der Waals surface area contributed by atoms with Gasteiger partial charge in [0.1, 0.15) is 5.60 Å². The van der Waals surface area contributed by atoms with E-state index in [2.05, 4.69) is 12.2 Å².